The first-order chi connectivity index (χ1) is 8.17. The largest absolute Gasteiger partial charge is 0.511 e. The summed E-state index contributed by atoms with van der Waals surface area (Å²) in [5.41, 5.74) is 0.305. The summed E-state index contributed by atoms with van der Waals surface area (Å²) >= 11 is 0. The van der Waals surface area contributed by atoms with E-state index >= 15 is 0 Å². The Bertz CT molecular complexity index is 435. The lowest BCUT2D eigenvalue weighted by atomic mass is 9.78. The number of ether oxygens (including phenoxy) is 2. The van der Waals surface area contributed by atoms with Crippen LogP contribution in [0.3, 0.4) is 0 Å². The van der Waals surface area contributed by atoms with Gasteiger partial charge in [-0.3, -0.25) is 0 Å². The van der Waals surface area contributed by atoms with E-state index in [4.69, 9.17) is 9.84 Å². The monoisotopic (exact) mass is 237 g/mol. The molecule has 7 heteroatoms. The van der Waals surface area contributed by atoms with E-state index in [1.165, 1.54) is 12.4 Å². The average molecular weight is 237 g/mol. The van der Waals surface area contributed by atoms with Gasteiger partial charge in [0, 0.05) is 13.1 Å². The summed E-state index contributed by atoms with van der Waals surface area (Å²) in [6, 6.07) is 0. The van der Waals surface area contributed by atoms with Crippen molar-refractivity contribution in [2.24, 2.45) is 5.41 Å². The van der Waals surface area contributed by atoms with Crippen molar-refractivity contribution in [2.45, 2.75) is 0 Å². The molecule has 2 aliphatic heterocycles. The third-order valence-electron chi connectivity index (χ3n) is 2.97. The Morgan fingerprint density at radius 1 is 1.41 bits per heavy atom. The van der Waals surface area contributed by atoms with E-state index in [0.29, 0.717) is 11.4 Å². The summed E-state index contributed by atoms with van der Waals surface area (Å²) in [7, 11) is 0. The van der Waals surface area contributed by atoms with Gasteiger partial charge in [-0.2, -0.15) is 0 Å². The van der Waals surface area contributed by atoms with Crippen molar-refractivity contribution < 1.29 is 19.4 Å². The molecule has 1 aromatic rings. The number of hydrogen-bond acceptors (Lipinski definition) is 6. The molecule has 0 aliphatic carbocycles. The molecule has 1 spiro atoms. The zero-order chi connectivity index (χ0) is 11.9. The van der Waals surface area contributed by atoms with Gasteiger partial charge in [0.05, 0.1) is 31.0 Å². The van der Waals surface area contributed by atoms with Crippen molar-refractivity contribution in [1.82, 2.24) is 9.97 Å². The minimum absolute atomic E-state index is 0.128. The van der Waals surface area contributed by atoms with Crippen molar-refractivity contribution in [2.75, 3.05) is 31.2 Å². The van der Waals surface area contributed by atoms with Gasteiger partial charge >= 0.3 is 6.16 Å². The van der Waals surface area contributed by atoms with Crippen molar-refractivity contribution in [3.05, 3.63) is 12.4 Å². The molecule has 0 radical (unpaired) electrons. The molecule has 2 fully saturated rings. The molecule has 3 heterocycles. The fraction of sp³-hybridized carbons (Fsp3) is 0.500. The molecule has 0 aromatic carbocycles. The number of nitrogens with zero attached hydrogens (tertiary/aromatic N) is 3. The Balaban J connectivity index is 1.63. The van der Waals surface area contributed by atoms with Gasteiger partial charge in [-0.05, 0) is 0 Å². The second kappa shape index (κ2) is 3.56. The third kappa shape index (κ3) is 1.78. The van der Waals surface area contributed by atoms with Crippen LogP contribution in [0.15, 0.2) is 12.4 Å². The van der Waals surface area contributed by atoms with E-state index in [-0.39, 0.29) is 5.75 Å². The predicted molar refractivity (Wildman–Crippen MR) is 56.1 cm³/mol. The molecule has 0 atom stereocenters. The zero-order valence-electron chi connectivity index (χ0n) is 9.00. The van der Waals surface area contributed by atoms with Crippen molar-refractivity contribution in [3.8, 4) is 5.75 Å². The molecule has 7 nitrogen and oxygen atoms in total. The Morgan fingerprint density at radius 3 is 2.53 bits per heavy atom. The van der Waals surface area contributed by atoms with Crippen LogP contribution in [0.1, 0.15) is 0 Å². The molecule has 0 bridgehead atoms. The van der Waals surface area contributed by atoms with Gasteiger partial charge in [-0.25, -0.2) is 14.8 Å². The summed E-state index contributed by atoms with van der Waals surface area (Å²) in [4.78, 5) is 20.4. The quantitative estimate of drug-likeness (QED) is 0.744. The summed E-state index contributed by atoms with van der Waals surface area (Å²) in [6.07, 6.45) is 1.35. The van der Waals surface area contributed by atoms with Crippen LogP contribution in [0, 0.1) is 5.41 Å². The minimum atomic E-state index is -1.36. The van der Waals surface area contributed by atoms with E-state index in [2.05, 4.69) is 14.7 Å². The van der Waals surface area contributed by atoms with Crippen LogP contribution >= 0.6 is 0 Å². The SMILES string of the molecule is O=C(O)Oc1cnc(N2CC3(COC3)C2)nc1. The summed E-state index contributed by atoms with van der Waals surface area (Å²) in [6.45, 7) is 3.41. The smallest absolute Gasteiger partial charge is 0.449 e. The van der Waals surface area contributed by atoms with Crippen LogP contribution < -0.4 is 9.64 Å². The number of anilines is 1. The molecule has 17 heavy (non-hydrogen) atoms. The van der Waals surface area contributed by atoms with Gasteiger partial charge in [0.25, 0.3) is 0 Å². The Hall–Kier alpha value is -1.89. The lowest BCUT2D eigenvalue weighted by molar-refractivity contribution is -0.127. The van der Waals surface area contributed by atoms with Crippen molar-refractivity contribution in [1.29, 1.82) is 0 Å². The molecule has 0 amide bonds. The molecule has 0 saturated carbocycles. The molecule has 3 rings (SSSR count). The number of rotatable bonds is 2. The van der Waals surface area contributed by atoms with Gasteiger partial charge in [-0.1, -0.05) is 0 Å². The molecule has 0 unspecified atom stereocenters. The maximum atomic E-state index is 10.3. The Morgan fingerprint density at radius 2 is 2.06 bits per heavy atom. The van der Waals surface area contributed by atoms with Crippen LogP contribution in [-0.4, -0.2) is 47.5 Å². The molecular formula is C10H11N3O4. The standard InChI is InChI=1S/C10H11N3O4/c14-9(15)17-7-1-11-8(12-2-7)13-3-10(4-13)5-16-6-10/h1-2H,3-6H2,(H,14,15). The zero-order valence-corrected chi connectivity index (χ0v) is 9.00. The van der Waals surface area contributed by atoms with Crippen LogP contribution in [0.2, 0.25) is 0 Å². The third-order valence-corrected chi connectivity index (χ3v) is 2.97. The topological polar surface area (TPSA) is 84.8 Å². The maximum absolute atomic E-state index is 10.3. The first kappa shape index (κ1) is 10.3. The first-order valence-corrected chi connectivity index (χ1v) is 5.22. The van der Waals surface area contributed by atoms with Gasteiger partial charge in [0.15, 0.2) is 5.75 Å². The number of carboxylic acid groups (broad SMARTS) is 1. The second-order valence-corrected chi connectivity index (χ2v) is 4.44. The van der Waals surface area contributed by atoms with E-state index < -0.39 is 6.16 Å². The predicted octanol–water partition coefficient (Wildman–Crippen LogP) is 0.370. The molecule has 2 aliphatic rings. The Kier molecular flexibility index (Phi) is 2.15. The highest BCUT2D eigenvalue weighted by Gasteiger charge is 2.49. The number of hydrogen-bond donors (Lipinski definition) is 1. The molecule has 90 valence electrons. The van der Waals surface area contributed by atoms with Gasteiger partial charge in [0.2, 0.25) is 5.95 Å². The lowest BCUT2D eigenvalue weighted by Crippen LogP contribution is -2.66. The van der Waals surface area contributed by atoms with Gasteiger partial charge in [0.1, 0.15) is 0 Å². The molecule has 1 N–H and O–H groups in total. The summed E-state index contributed by atoms with van der Waals surface area (Å²) in [5, 5.41) is 8.41. The van der Waals surface area contributed by atoms with Crippen LogP contribution in [0.25, 0.3) is 0 Å². The summed E-state index contributed by atoms with van der Waals surface area (Å²) in [5.74, 6) is 0.726. The molecule has 1 aromatic heterocycles. The number of aromatic nitrogens is 2. The number of carbonyl (C=O) groups is 1. The van der Waals surface area contributed by atoms with Gasteiger partial charge in [-0.15, -0.1) is 0 Å². The first-order valence-electron chi connectivity index (χ1n) is 5.22. The van der Waals surface area contributed by atoms with Crippen LogP contribution in [0.4, 0.5) is 10.7 Å². The summed E-state index contributed by atoms with van der Waals surface area (Å²) < 4.78 is 9.60. The van der Waals surface area contributed by atoms with Crippen LogP contribution in [0.5, 0.6) is 5.75 Å². The van der Waals surface area contributed by atoms with Crippen LogP contribution in [-0.2, 0) is 4.74 Å². The minimum Gasteiger partial charge on any atom is -0.449 e. The van der Waals surface area contributed by atoms with E-state index in [1.54, 1.807) is 0 Å². The molecular weight excluding hydrogens is 226 g/mol. The lowest BCUT2D eigenvalue weighted by Gasteiger charge is -2.54. The highest BCUT2D eigenvalue weighted by Crippen LogP contribution is 2.38. The highest BCUT2D eigenvalue weighted by atomic mass is 16.7. The highest BCUT2D eigenvalue weighted by molar-refractivity contribution is 5.60. The van der Waals surface area contributed by atoms with E-state index in [0.717, 1.165) is 26.3 Å². The van der Waals surface area contributed by atoms with Crippen molar-refractivity contribution >= 4 is 12.1 Å². The van der Waals surface area contributed by atoms with Gasteiger partial charge < -0.3 is 19.5 Å². The van der Waals surface area contributed by atoms with E-state index in [1.807, 2.05) is 4.90 Å². The normalized spacial score (nSPS) is 20.6. The van der Waals surface area contributed by atoms with Crippen molar-refractivity contribution in [3.63, 3.8) is 0 Å². The Labute approximate surface area is 97.0 Å². The fourth-order valence-electron chi connectivity index (χ4n) is 2.10. The fourth-order valence-corrected chi connectivity index (χ4v) is 2.10. The molecule has 2 saturated heterocycles. The van der Waals surface area contributed by atoms with E-state index in [9.17, 15) is 4.79 Å². The maximum Gasteiger partial charge on any atom is 0.511 e. The average Bonchev–Trinajstić information content (AvgIpc) is 2.15. The second-order valence-electron chi connectivity index (χ2n) is 4.44.